The summed E-state index contributed by atoms with van der Waals surface area (Å²) in [5.41, 5.74) is 0.482. The second-order valence-electron chi connectivity index (χ2n) is 4.22. The van der Waals surface area contributed by atoms with E-state index in [0.717, 1.165) is 0 Å². The lowest BCUT2D eigenvalue weighted by Crippen LogP contribution is -1.84. The van der Waals surface area contributed by atoms with Gasteiger partial charge in [-0.05, 0) is 30.3 Å². The molecular formula is C14H8ClFN2O3. The SMILES string of the molecule is Oc1cccc(O)c1-c1nc(-c2ccc(F)c(Cl)c2)no1. The number of phenols is 2. The predicted molar refractivity (Wildman–Crippen MR) is 73.5 cm³/mol. The summed E-state index contributed by atoms with van der Waals surface area (Å²) >= 11 is 5.70. The lowest BCUT2D eigenvalue weighted by Gasteiger charge is -2.01. The molecule has 0 fully saturated rings. The highest BCUT2D eigenvalue weighted by atomic mass is 35.5. The van der Waals surface area contributed by atoms with Crippen molar-refractivity contribution >= 4 is 11.6 Å². The van der Waals surface area contributed by atoms with Crippen molar-refractivity contribution in [3.05, 3.63) is 47.2 Å². The van der Waals surface area contributed by atoms with E-state index in [-0.39, 0.29) is 33.8 Å². The molecule has 7 heteroatoms. The first-order chi connectivity index (χ1) is 10.1. The fourth-order valence-corrected chi connectivity index (χ4v) is 2.01. The van der Waals surface area contributed by atoms with Gasteiger partial charge in [0.2, 0.25) is 5.82 Å². The van der Waals surface area contributed by atoms with Crippen molar-refractivity contribution in [2.75, 3.05) is 0 Å². The van der Waals surface area contributed by atoms with E-state index in [1.54, 1.807) is 0 Å². The van der Waals surface area contributed by atoms with Gasteiger partial charge in [-0.1, -0.05) is 22.8 Å². The Bertz CT molecular complexity index is 799. The molecule has 2 aromatic carbocycles. The quantitative estimate of drug-likeness (QED) is 0.756. The normalized spacial score (nSPS) is 10.8. The van der Waals surface area contributed by atoms with Crippen molar-refractivity contribution in [3.8, 4) is 34.3 Å². The Morgan fingerprint density at radius 3 is 2.48 bits per heavy atom. The second-order valence-corrected chi connectivity index (χ2v) is 4.63. The number of halogens is 2. The van der Waals surface area contributed by atoms with Crippen LogP contribution in [0.3, 0.4) is 0 Å². The first kappa shape index (κ1) is 13.4. The minimum atomic E-state index is -0.553. The van der Waals surface area contributed by atoms with E-state index < -0.39 is 5.82 Å². The van der Waals surface area contributed by atoms with Gasteiger partial charge in [0.25, 0.3) is 5.89 Å². The number of phenolic OH excluding ortho intramolecular Hbond substituents is 2. The zero-order valence-electron chi connectivity index (χ0n) is 10.4. The third-order valence-electron chi connectivity index (χ3n) is 2.84. The molecule has 0 atom stereocenters. The smallest absolute Gasteiger partial charge is 0.265 e. The van der Waals surface area contributed by atoms with Crippen molar-refractivity contribution in [3.63, 3.8) is 0 Å². The lowest BCUT2D eigenvalue weighted by molar-refractivity contribution is 0.416. The van der Waals surface area contributed by atoms with Crippen LogP contribution >= 0.6 is 11.6 Å². The van der Waals surface area contributed by atoms with Gasteiger partial charge in [-0.3, -0.25) is 0 Å². The molecule has 21 heavy (non-hydrogen) atoms. The molecule has 0 aliphatic heterocycles. The van der Waals surface area contributed by atoms with Gasteiger partial charge in [0.15, 0.2) is 0 Å². The minimum absolute atomic E-state index is 0.0319. The van der Waals surface area contributed by atoms with Crippen molar-refractivity contribution in [1.82, 2.24) is 10.1 Å². The highest BCUT2D eigenvalue weighted by Gasteiger charge is 2.18. The van der Waals surface area contributed by atoms with E-state index in [1.807, 2.05) is 0 Å². The van der Waals surface area contributed by atoms with Gasteiger partial charge >= 0.3 is 0 Å². The number of aromatic nitrogens is 2. The highest BCUT2D eigenvalue weighted by molar-refractivity contribution is 6.31. The molecule has 0 amide bonds. The molecule has 0 saturated heterocycles. The fourth-order valence-electron chi connectivity index (χ4n) is 1.82. The van der Waals surface area contributed by atoms with Crippen LogP contribution in [-0.4, -0.2) is 20.4 Å². The fraction of sp³-hybridized carbons (Fsp3) is 0. The lowest BCUT2D eigenvalue weighted by atomic mass is 10.1. The largest absolute Gasteiger partial charge is 0.507 e. The third kappa shape index (κ3) is 2.41. The standard InChI is InChI=1S/C14H8ClFN2O3/c15-8-6-7(4-5-9(8)16)13-17-14(21-18-13)12-10(19)2-1-3-11(12)20/h1-6,19-20H. The van der Waals surface area contributed by atoms with E-state index in [4.69, 9.17) is 16.1 Å². The van der Waals surface area contributed by atoms with Crippen molar-refractivity contribution in [2.24, 2.45) is 0 Å². The Morgan fingerprint density at radius 1 is 1.10 bits per heavy atom. The van der Waals surface area contributed by atoms with Gasteiger partial charge in [-0.2, -0.15) is 4.98 Å². The minimum Gasteiger partial charge on any atom is -0.507 e. The molecule has 0 aliphatic rings. The molecule has 5 nitrogen and oxygen atoms in total. The summed E-state index contributed by atoms with van der Waals surface area (Å²) in [4.78, 5) is 4.06. The van der Waals surface area contributed by atoms with Gasteiger partial charge < -0.3 is 14.7 Å². The molecule has 2 N–H and O–H groups in total. The van der Waals surface area contributed by atoms with Crippen LogP contribution in [0.4, 0.5) is 4.39 Å². The molecule has 0 radical (unpaired) electrons. The molecule has 0 spiro atoms. The van der Waals surface area contributed by atoms with Crippen LogP contribution < -0.4 is 0 Å². The maximum atomic E-state index is 13.1. The summed E-state index contributed by atoms with van der Waals surface area (Å²) in [6.45, 7) is 0. The molecule has 1 heterocycles. The summed E-state index contributed by atoms with van der Waals surface area (Å²) in [6.07, 6.45) is 0. The molecule has 0 saturated carbocycles. The van der Waals surface area contributed by atoms with Crippen LogP contribution in [0.15, 0.2) is 40.9 Å². The van der Waals surface area contributed by atoms with Crippen LogP contribution in [0.2, 0.25) is 5.02 Å². The first-order valence-electron chi connectivity index (χ1n) is 5.86. The Kier molecular flexibility index (Phi) is 3.23. The van der Waals surface area contributed by atoms with Crippen molar-refractivity contribution in [1.29, 1.82) is 0 Å². The molecule has 0 bridgehead atoms. The summed E-state index contributed by atoms with van der Waals surface area (Å²) < 4.78 is 18.1. The molecule has 3 rings (SSSR count). The van der Waals surface area contributed by atoms with E-state index in [0.29, 0.717) is 5.56 Å². The van der Waals surface area contributed by atoms with Crippen molar-refractivity contribution < 1.29 is 19.1 Å². The summed E-state index contributed by atoms with van der Waals surface area (Å²) in [5, 5.41) is 23.2. The third-order valence-corrected chi connectivity index (χ3v) is 3.13. The van der Waals surface area contributed by atoms with Gasteiger partial charge in [0.1, 0.15) is 22.9 Å². The van der Waals surface area contributed by atoms with Crippen LogP contribution in [0, 0.1) is 5.82 Å². The molecule has 1 aromatic heterocycles. The monoisotopic (exact) mass is 306 g/mol. The summed E-state index contributed by atoms with van der Waals surface area (Å²) in [7, 11) is 0. The highest BCUT2D eigenvalue weighted by Crippen LogP contribution is 2.36. The maximum absolute atomic E-state index is 13.1. The van der Waals surface area contributed by atoms with Gasteiger partial charge in [-0.15, -0.1) is 0 Å². The molecule has 0 aliphatic carbocycles. The predicted octanol–water partition coefficient (Wildman–Crippen LogP) is 3.61. The zero-order chi connectivity index (χ0) is 15.0. The molecule has 0 unspecified atom stereocenters. The first-order valence-corrected chi connectivity index (χ1v) is 6.24. The van der Waals surface area contributed by atoms with Crippen LogP contribution in [0.25, 0.3) is 22.8 Å². The second kappa shape index (κ2) is 5.06. The Balaban J connectivity index is 2.06. The summed E-state index contributed by atoms with van der Waals surface area (Å²) in [5.74, 6) is -0.831. The van der Waals surface area contributed by atoms with Crippen LogP contribution in [-0.2, 0) is 0 Å². The number of benzene rings is 2. The van der Waals surface area contributed by atoms with Crippen molar-refractivity contribution in [2.45, 2.75) is 0 Å². The Morgan fingerprint density at radius 2 is 1.81 bits per heavy atom. The van der Waals surface area contributed by atoms with E-state index >= 15 is 0 Å². The molecule has 106 valence electrons. The van der Waals surface area contributed by atoms with E-state index in [9.17, 15) is 14.6 Å². The number of aromatic hydroxyl groups is 2. The molecule has 3 aromatic rings. The average Bonchev–Trinajstić information content (AvgIpc) is 2.91. The van der Waals surface area contributed by atoms with Crippen LogP contribution in [0.1, 0.15) is 0 Å². The number of rotatable bonds is 2. The Hall–Kier alpha value is -2.60. The topological polar surface area (TPSA) is 79.4 Å². The maximum Gasteiger partial charge on any atom is 0.265 e. The number of hydrogen-bond donors (Lipinski definition) is 2. The van der Waals surface area contributed by atoms with Crippen LogP contribution in [0.5, 0.6) is 11.5 Å². The number of hydrogen-bond acceptors (Lipinski definition) is 5. The summed E-state index contributed by atoms with van der Waals surface area (Å²) in [6, 6.07) is 8.23. The number of nitrogens with zero attached hydrogens (tertiary/aromatic N) is 2. The van der Waals surface area contributed by atoms with Gasteiger partial charge in [-0.25, -0.2) is 4.39 Å². The Labute approximate surface area is 123 Å². The van der Waals surface area contributed by atoms with E-state index in [1.165, 1.54) is 36.4 Å². The zero-order valence-corrected chi connectivity index (χ0v) is 11.2. The van der Waals surface area contributed by atoms with Gasteiger partial charge in [0.05, 0.1) is 5.02 Å². The van der Waals surface area contributed by atoms with E-state index in [2.05, 4.69) is 10.1 Å². The van der Waals surface area contributed by atoms with Gasteiger partial charge in [0, 0.05) is 5.56 Å². The molecular weight excluding hydrogens is 299 g/mol. The average molecular weight is 307 g/mol.